The van der Waals surface area contributed by atoms with Gasteiger partial charge in [0, 0.05) is 12.1 Å². The molecule has 1 aromatic carbocycles. The minimum absolute atomic E-state index is 0.291. The van der Waals surface area contributed by atoms with E-state index in [4.69, 9.17) is 10.8 Å². The SMILES string of the molecule is NC(=NCc1ccc(CO)c(F)c1)NCC1CCC1. The number of hydrogen-bond acceptors (Lipinski definition) is 2. The van der Waals surface area contributed by atoms with Crippen molar-refractivity contribution in [3.63, 3.8) is 0 Å². The Kier molecular flexibility index (Phi) is 4.74. The van der Waals surface area contributed by atoms with Gasteiger partial charge in [0.2, 0.25) is 0 Å². The molecule has 1 fully saturated rings. The zero-order chi connectivity index (χ0) is 13.7. The van der Waals surface area contributed by atoms with E-state index >= 15 is 0 Å². The Hall–Kier alpha value is -1.62. The van der Waals surface area contributed by atoms with Crippen molar-refractivity contribution in [2.75, 3.05) is 6.54 Å². The fraction of sp³-hybridized carbons (Fsp3) is 0.500. The van der Waals surface area contributed by atoms with Crippen molar-refractivity contribution in [2.24, 2.45) is 16.6 Å². The van der Waals surface area contributed by atoms with E-state index < -0.39 is 5.82 Å². The summed E-state index contributed by atoms with van der Waals surface area (Å²) in [5, 5.41) is 12.0. The van der Waals surface area contributed by atoms with Gasteiger partial charge < -0.3 is 16.2 Å². The van der Waals surface area contributed by atoms with Gasteiger partial charge in [0.1, 0.15) is 5.82 Å². The monoisotopic (exact) mass is 265 g/mol. The van der Waals surface area contributed by atoms with Crippen LogP contribution in [0.2, 0.25) is 0 Å². The van der Waals surface area contributed by atoms with E-state index in [1.165, 1.54) is 25.3 Å². The molecule has 0 bridgehead atoms. The molecular formula is C14H20FN3O. The predicted molar refractivity (Wildman–Crippen MR) is 73.0 cm³/mol. The molecule has 1 saturated carbocycles. The first kappa shape index (κ1) is 13.8. The van der Waals surface area contributed by atoms with Crippen LogP contribution in [0.4, 0.5) is 4.39 Å². The third kappa shape index (κ3) is 3.92. The summed E-state index contributed by atoms with van der Waals surface area (Å²) in [5.41, 5.74) is 6.78. The van der Waals surface area contributed by atoms with Gasteiger partial charge in [-0.3, -0.25) is 0 Å². The molecular weight excluding hydrogens is 245 g/mol. The standard InChI is InChI=1S/C14H20FN3O/c15-13-6-11(4-5-12(13)9-19)8-18-14(16)17-7-10-2-1-3-10/h4-6,10,19H,1-3,7-9H2,(H3,16,17,18). The number of halogens is 1. The molecule has 1 aromatic rings. The highest BCUT2D eigenvalue weighted by Gasteiger charge is 2.16. The third-order valence-corrected chi connectivity index (χ3v) is 3.52. The molecule has 5 heteroatoms. The van der Waals surface area contributed by atoms with Crippen LogP contribution >= 0.6 is 0 Å². The summed E-state index contributed by atoms with van der Waals surface area (Å²) in [6.07, 6.45) is 3.82. The van der Waals surface area contributed by atoms with Gasteiger partial charge in [-0.1, -0.05) is 18.6 Å². The normalized spacial score (nSPS) is 16.2. The predicted octanol–water partition coefficient (Wildman–Crippen LogP) is 1.52. The molecule has 0 amide bonds. The molecule has 0 aliphatic heterocycles. The summed E-state index contributed by atoms with van der Waals surface area (Å²) < 4.78 is 13.4. The maximum absolute atomic E-state index is 13.4. The molecule has 19 heavy (non-hydrogen) atoms. The highest BCUT2D eigenvalue weighted by Crippen LogP contribution is 2.24. The number of nitrogens with zero attached hydrogens (tertiary/aromatic N) is 1. The second kappa shape index (κ2) is 6.52. The molecule has 0 heterocycles. The molecule has 104 valence electrons. The molecule has 0 radical (unpaired) electrons. The summed E-state index contributed by atoms with van der Waals surface area (Å²) in [4.78, 5) is 4.18. The number of hydrogen-bond donors (Lipinski definition) is 3. The molecule has 1 aliphatic carbocycles. The quantitative estimate of drug-likeness (QED) is 0.558. The lowest BCUT2D eigenvalue weighted by Gasteiger charge is -2.25. The van der Waals surface area contributed by atoms with E-state index in [2.05, 4.69) is 10.3 Å². The second-order valence-corrected chi connectivity index (χ2v) is 4.96. The molecule has 4 nitrogen and oxygen atoms in total. The first-order valence-corrected chi connectivity index (χ1v) is 6.61. The van der Waals surface area contributed by atoms with Gasteiger partial charge in [-0.05, 0) is 30.4 Å². The average Bonchev–Trinajstić information content (AvgIpc) is 2.34. The lowest BCUT2D eigenvalue weighted by Crippen LogP contribution is -2.37. The van der Waals surface area contributed by atoms with Crippen LogP contribution in [-0.4, -0.2) is 17.6 Å². The molecule has 0 spiro atoms. The van der Waals surface area contributed by atoms with Crippen LogP contribution in [0.15, 0.2) is 23.2 Å². The van der Waals surface area contributed by atoms with Gasteiger partial charge in [0.15, 0.2) is 5.96 Å². The Morgan fingerprint density at radius 1 is 1.47 bits per heavy atom. The fourth-order valence-corrected chi connectivity index (χ4v) is 2.00. The van der Waals surface area contributed by atoms with E-state index in [-0.39, 0.29) is 6.61 Å². The van der Waals surface area contributed by atoms with E-state index in [0.29, 0.717) is 18.1 Å². The van der Waals surface area contributed by atoms with Gasteiger partial charge >= 0.3 is 0 Å². The molecule has 4 N–H and O–H groups in total. The summed E-state index contributed by atoms with van der Waals surface area (Å²) in [6.45, 7) is 0.916. The number of rotatable bonds is 5. The molecule has 0 unspecified atom stereocenters. The smallest absolute Gasteiger partial charge is 0.188 e. The molecule has 0 saturated heterocycles. The number of guanidine groups is 1. The van der Waals surface area contributed by atoms with Crippen LogP contribution in [0.1, 0.15) is 30.4 Å². The Bertz CT molecular complexity index is 458. The van der Waals surface area contributed by atoms with Crippen molar-refractivity contribution in [2.45, 2.75) is 32.4 Å². The Morgan fingerprint density at radius 3 is 2.84 bits per heavy atom. The zero-order valence-electron chi connectivity index (χ0n) is 10.9. The van der Waals surface area contributed by atoms with Crippen molar-refractivity contribution >= 4 is 5.96 Å². The average molecular weight is 265 g/mol. The lowest BCUT2D eigenvalue weighted by atomic mass is 9.85. The highest BCUT2D eigenvalue weighted by atomic mass is 19.1. The van der Waals surface area contributed by atoms with Crippen LogP contribution in [0.5, 0.6) is 0 Å². The van der Waals surface area contributed by atoms with Gasteiger partial charge in [-0.2, -0.15) is 0 Å². The van der Waals surface area contributed by atoms with Gasteiger partial charge in [-0.15, -0.1) is 0 Å². The van der Waals surface area contributed by atoms with E-state index in [0.717, 1.165) is 18.0 Å². The van der Waals surface area contributed by atoms with Crippen LogP contribution in [-0.2, 0) is 13.2 Å². The number of aliphatic imine (C=N–C) groups is 1. The fourth-order valence-electron chi connectivity index (χ4n) is 2.00. The Morgan fingerprint density at radius 2 is 2.26 bits per heavy atom. The summed E-state index contributed by atoms with van der Waals surface area (Å²) >= 11 is 0. The van der Waals surface area contributed by atoms with Gasteiger partial charge in [0.25, 0.3) is 0 Å². The number of aliphatic hydroxyl groups is 1. The molecule has 0 atom stereocenters. The lowest BCUT2D eigenvalue weighted by molar-refractivity contribution is 0.275. The highest BCUT2D eigenvalue weighted by molar-refractivity contribution is 5.77. The number of aliphatic hydroxyl groups excluding tert-OH is 1. The Balaban J connectivity index is 1.84. The molecule has 2 rings (SSSR count). The first-order chi connectivity index (χ1) is 9.19. The second-order valence-electron chi connectivity index (χ2n) is 4.96. The van der Waals surface area contributed by atoms with Crippen LogP contribution in [0.3, 0.4) is 0 Å². The summed E-state index contributed by atoms with van der Waals surface area (Å²) in [7, 11) is 0. The van der Waals surface area contributed by atoms with E-state index in [1.54, 1.807) is 12.1 Å². The summed E-state index contributed by atoms with van der Waals surface area (Å²) in [5.74, 6) is 0.713. The van der Waals surface area contributed by atoms with Crippen molar-refractivity contribution < 1.29 is 9.50 Å². The molecule has 0 aromatic heterocycles. The van der Waals surface area contributed by atoms with Gasteiger partial charge in [0.05, 0.1) is 13.2 Å². The minimum atomic E-state index is -0.406. The van der Waals surface area contributed by atoms with Crippen molar-refractivity contribution in [3.8, 4) is 0 Å². The van der Waals surface area contributed by atoms with Crippen molar-refractivity contribution in [1.82, 2.24) is 5.32 Å². The first-order valence-electron chi connectivity index (χ1n) is 6.61. The third-order valence-electron chi connectivity index (χ3n) is 3.52. The number of nitrogens with two attached hydrogens (primary N) is 1. The zero-order valence-corrected chi connectivity index (χ0v) is 10.9. The van der Waals surface area contributed by atoms with Crippen LogP contribution < -0.4 is 11.1 Å². The topological polar surface area (TPSA) is 70.6 Å². The van der Waals surface area contributed by atoms with Crippen molar-refractivity contribution in [1.29, 1.82) is 0 Å². The summed E-state index contributed by atoms with van der Waals surface area (Å²) in [6, 6.07) is 4.70. The van der Waals surface area contributed by atoms with E-state index in [9.17, 15) is 4.39 Å². The Labute approximate surface area is 112 Å². The van der Waals surface area contributed by atoms with Crippen molar-refractivity contribution in [3.05, 3.63) is 35.1 Å². The molecule has 1 aliphatic rings. The minimum Gasteiger partial charge on any atom is -0.392 e. The number of nitrogens with one attached hydrogen (secondary N) is 1. The van der Waals surface area contributed by atoms with Gasteiger partial charge in [-0.25, -0.2) is 9.38 Å². The maximum Gasteiger partial charge on any atom is 0.188 e. The maximum atomic E-state index is 13.4. The largest absolute Gasteiger partial charge is 0.392 e. The number of benzene rings is 1. The van der Waals surface area contributed by atoms with Crippen LogP contribution in [0, 0.1) is 11.7 Å². The van der Waals surface area contributed by atoms with Crippen LogP contribution in [0.25, 0.3) is 0 Å². The van der Waals surface area contributed by atoms with E-state index in [1.807, 2.05) is 0 Å².